The molecule has 0 aromatic heterocycles. The van der Waals surface area contributed by atoms with Crippen LogP contribution in [0.5, 0.6) is 0 Å². The fourth-order valence-electron chi connectivity index (χ4n) is 2.17. The van der Waals surface area contributed by atoms with Crippen molar-refractivity contribution in [2.24, 2.45) is 0 Å². The summed E-state index contributed by atoms with van der Waals surface area (Å²) >= 11 is 11.1. The van der Waals surface area contributed by atoms with E-state index in [2.05, 4.69) is 5.32 Å². The van der Waals surface area contributed by atoms with Crippen LogP contribution in [-0.4, -0.2) is 55.5 Å². The minimum absolute atomic E-state index is 0.234. The molecule has 21 heavy (non-hydrogen) atoms. The summed E-state index contributed by atoms with van der Waals surface area (Å²) in [5.41, 5.74) is 0. The molecule has 1 N–H and O–H groups in total. The van der Waals surface area contributed by atoms with E-state index in [1.165, 1.54) is 10.4 Å². The molecule has 1 heterocycles. The Morgan fingerprint density at radius 2 is 2.00 bits per heavy atom. The lowest BCUT2D eigenvalue weighted by Gasteiger charge is -2.35. The van der Waals surface area contributed by atoms with Crippen molar-refractivity contribution in [3.8, 4) is 0 Å². The Bertz CT molecular complexity index is 614. The first-order valence-electron chi connectivity index (χ1n) is 6.73. The van der Waals surface area contributed by atoms with Gasteiger partial charge in [0, 0.05) is 37.7 Å². The van der Waals surface area contributed by atoms with E-state index in [1.807, 2.05) is 11.8 Å². The molecule has 0 atom stereocenters. The molecule has 2 rings (SSSR count). The average molecular weight is 348 g/mol. The summed E-state index contributed by atoms with van der Waals surface area (Å²) in [6, 6.07) is 6.35. The number of sulfonamides is 1. The number of nitrogens with zero attached hydrogens (tertiary/aromatic N) is 2. The number of benzene rings is 1. The third kappa shape index (κ3) is 3.85. The number of halogens is 1. The summed E-state index contributed by atoms with van der Waals surface area (Å²) in [5, 5.41) is 4.18. The van der Waals surface area contributed by atoms with E-state index in [0.717, 1.165) is 6.54 Å². The standard InChI is InChI=1S/C13H18ClN3O2S2/c1-2-15-13(20)16-6-8-17(9-7-16)21(18,19)12-5-3-4-11(14)10-12/h3-5,10H,2,6-9H2,1H3,(H,15,20). The molecule has 0 amide bonds. The number of piperazine rings is 1. The predicted molar refractivity (Wildman–Crippen MR) is 88.1 cm³/mol. The maximum atomic E-state index is 12.5. The van der Waals surface area contributed by atoms with Crippen molar-refractivity contribution in [1.82, 2.24) is 14.5 Å². The Balaban J connectivity index is 2.06. The Hall–Kier alpha value is -0.890. The lowest BCUT2D eigenvalue weighted by atomic mass is 10.4. The van der Waals surface area contributed by atoms with Gasteiger partial charge in [0.1, 0.15) is 0 Å². The topological polar surface area (TPSA) is 52.6 Å². The average Bonchev–Trinajstić information content (AvgIpc) is 2.47. The van der Waals surface area contributed by atoms with Crippen LogP contribution < -0.4 is 5.32 Å². The van der Waals surface area contributed by atoms with Gasteiger partial charge in [0.2, 0.25) is 10.0 Å². The lowest BCUT2D eigenvalue weighted by Crippen LogP contribution is -2.52. The van der Waals surface area contributed by atoms with Crippen molar-refractivity contribution in [3.63, 3.8) is 0 Å². The highest BCUT2D eigenvalue weighted by atomic mass is 35.5. The van der Waals surface area contributed by atoms with Crippen LogP contribution in [0.1, 0.15) is 6.92 Å². The van der Waals surface area contributed by atoms with Gasteiger partial charge in [0.15, 0.2) is 5.11 Å². The van der Waals surface area contributed by atoms with E-state index in [1.54, 1.807) is 18.2 Å². The van der Waals surface area contributed by atoms with Crippen LogP contribution in [0.2, 0.25) is 5.02 Å². The van der Waals surface area contributed by atoms with Gasteiger partial charge in [0.05, 0.1) is 4.90 Å². The summed E-state index contributed by atoms with van der Waals surface area (Å²) in [6.45, 7) is 4.75. The zero-order valence-corrected chi connectivity index (χ0v) is 14.1. The quantitative estimate of drug-likeness (QED) is 0.841. The zero-order chi connectivity index (χ0) is 15.5. The normalized spacial score (nSPS) is 16.8. The molecule has 0 unspecified atom stereocenters. The Labute approximate surface area is 135 Å². The molecule has 1 aliphatic heterocycles. The van der Waals surface area contributed by atoms with E-state index in [-0.39, 0.29) is 4.90 Å². The van der Waals surface area contributed by atoms with Gasteiger partial charge in [-0.15, -0.1) is 0 Å². The second-order valence-corrected chi connectivity index (χ2v) is 7.45. The van der Waals surface area contributed by atoms with E-state index < -0.39 is 10.0 Å². The first-order valence-corrected chi connectivity index (χ1v) is 8.96. The largest absolute Gasteiger partial charge is 0.363 e. The summed E-state index contributed by atoms with van der Waals surface area (Å²) < 4.78 is 26.6. The molecule has 0 spiro atoms. The minimum atomic E-state index is -3.49. The molecule has 0 aliphatic carbocycles. The second-order valence-electron chi connectivity index (χ2n) is 4.68. The molecule has 1 fully saturated rings. The molecule has 0 saturated carbocycles. The van der Waals surface area contributed by atoms with Gasteiger partial charge in [-0.25, -0.2) is 8.42 Å². The fourth-order valence-corrected chi connectivity index (χ4v) is 4.22. The fraction of sp³-hybridized carbons (Fsp3) is 0.462. The third-order valence-corrected chi connectivity index (χ3v) is 5.82. The second kappa shape index (κ2) is 6.91. The molecule has 1 aliphatic rings. The van der Waals surface area contributed by atoms with Crippen molar-refractivity contribution in [3.05, 3.63) is 29.3 Å². The van der Waals surface area contributed by atoms with Gasteiger partial charge >= 0.3 is 0 Å². The van der Waals surface area contributed by atoms with Crippen molar-refractivity contribution in [1.29, 1.82) is 0 Å². The smallest absolute Gasteiger partial charge is 0.243 e. The van der Waals surface area contributed by atoms with Crippen molar-refractivity contribution in [2.75, 3.05) is 32.7 Å². The van der Waals surface area contributed by atoms with Crippen molar-refractivity contribution < 1.29 is 8.42 Å². The molecular weight excluding hydrogens is 330 g/mol. The van der Waals surface area contributed by atoms with Crippen molar-refractivity contribution in [2.45, 2.75) is 11.8 Å². The molecular formula is C13H18ClN3O2S2. The molecule has 1 saturated heterocycles. The van der Waals surface area contributed by atoms with Crippen molar-refractivity contribution >= 4 is 39.0 Å². The van der Waals surface area contributed by atoms with Gasteiger partial charge in [-0.1, -0.05) is 17.7 Å². The predicted octanol–water partition coefficient (Wildman–Crippen LogP) is 1.54. The minimum Gasteiger partial charge on any atom is -0.363 e. The number of nitrogens with one attached hydrogen (secondary N) is 1. The summed E-state index contributed by atoms with van der Waals surface area (Å²) in [5.74, 6) is 0. The van der Waals surface area contributed by atoms with Crippen LogP contribution in [0.4, 0.5) is 0 Å². The molecule has 8 heteroatoms. The summed E-state index contributed by atoms with van der Waals surface area (Å²) in [4.78, 5) is 2.22. The maximum absolute atomic E-state index is 12.5. The number of thiocarbonyl (C=S) groups is 1. The van der Waals surface area contributed by atoms with E-state index in [4.69, 9.17) is 23.8 Å². The lowest BCUT2D eigenvalue weighted by molar-refractivity contribution is 0.264. The van der Waals surface area contributed by atoms with Crippen LogP contribution in [-0.2, 0) is 10.0 Å². The Morgan fingerprint density at radius 1 is 1.33 bits per heavy atom. The van der Waals surface area contributed by atoms with Gasteiger partial charge in [-0.2, -0.15) is 4.31 Å². The molecule has 5 nitrogen and oxygen atoms in total. The third-order valence-electron chi connectivity index (χ3n) is 3.29. The number of hydrogen-bond acceptors (Lipinski definition) is 3. The van der Waals surface area contributed by atoms with Crippen LogP contribution in [0.3, 0.4) is 0 Å². The van der Waals surface area contributed by atoms with Gasteiger partial charge in [-0.3, -0.25) is 0 Å². The first kappa shape index (κ1) is 16.5. The molecule has 0 radical (unpaired) electrons. The van der Waals surface area contributed by atoms with Crippen LogP contribution in [0, 0.1) is 0 Å². The van der Waals surface area contributed by atoms with E-state index >= 15 is 0 Å². The SMILES string of the molecule is CCNC(=S)N1CCN(S(=O)(=O)c2cccc(Cl)c2)CC1. The van der Waals surface area contributed by atoms with Gasteiger partial charge < -0.3 is 10.2 Å². The van der Waals surface area contributed by atoms with E-state index in [0.29, 0.717) is 36.3 Å². The summed E-state index contributed by atoms with van der Waals surface area (Å²) in [6.07, 6.45) is 0. The molecule has 0 bridgehead atoms. The van der Waals surface area contributed by atoms with Crippen LogP contribution in [0.25, 0.3) is 0 Å². The molecule has 1 aromatic carbocycles. The monoisotopic (exact) mass is 347 g/mol. The van der Waals surface area contributed by atoms with Gasteiger partial charge in [-0.05, 0) is 37.3 Å². The maximum Gasteiger partial charge on any atom is 0.243 e. The highest BCUT2D eigenvalue weighted by Gasteiger charge is 2.29. The summed E-state index contributed by atoms with van der Waals surface area (Å²) in [7, 11) is -3.49. The van der Waals surface area contributed by atoms with E-state index in [9.17, 15) is 8.42 Å². The number of hydrogen-bond donors (Lipinski definition) is 1. The molecule has 116 valence electrons. The first-order chi connectivity index (χ1) is 9.95. The Morgan fingerprint density at radius 3 is 2.57 bits per heavy atom. The number of rotatable bonds is 3. The Kier molecular flexibility index (Phi) is 5.43. The van der Waals surface area contributed by atoms with Crippen LogP contribution >= 0.6 is 23.8 Å². The molecule has 1 aromatic rings. The zero-order valence-electron chi connectivity index (χ0n) is 11.8. The van der Waals surface area contributed by atoms with Crippen LogP contribution in [0.15, 0.2) is 29.2 Å². The highest BCUT2D eigenvalue weighted by Crippen LogP contribution is 2.20. The van der Waals surface area contributed by atoms with Gasteiger partial charge in [0.25, 0.3) is 0 Å². The highest BCUT2D eigenvalue weighted by molar-refractivity contribution is 7.89.